The number of hydrogen-bond acceptors (Lipinski definition) is 2. The molecule has 3 nitrogen and oxygen atoms in total. The van der Waals surface area contributed by atoms with E-state index in [-0.39, 0.29) is 5.91 Å². The van der Waals surface area contributed by atoms with Gasteiger partial charge in [0.05, 0.1) is 12.7 Å². The van der Waals surface area contributed by atoms with E-state index in [0.717, 1.165) is 21.3 Å². The third-order valence-corrected chi connectivity index (χ3v) is 4.12. The van der Waals surface area contributed by atoms with Gasteiger partial charge in [0.25, 0.3) is 5.91 Å². The number of carbonyl (C=O) groups is 1. The number of methoxy groups -OCH3 is 1. The number of halogens is 1. The first-order valence-corrected chi connectivity index (χ1v) is 7.08. The van der Waals surface area contributed by atoms with Crippen molar-refractivity contribution in [2.75, 3.05) is 7.11 Å². The van der Waals surface area contributed by atoms with Crippen molar-refractivity contribution in [1.82, 2.24) is 5.32 Å². The SMILES string of the molecule is COc1ccccc1CNC(=O)c1cccc(C)c1Br. The van der Waals surface area contributed by atoms with Gasteiger partial charge >= 0.3 is 0 Å². The second kappa shape index (κ2) is 6.57. The predicted octanol–water partition coefficient (Wildman–Crippen LogP) is 3.70. The Hall–Kier alpha value is -1.81. The third-order valence-electron chi connectivity index (χ3n) is 3.07. The van der Waals surface area contributed by atoms with Crippen LogP contribution in [-0.2, 0) is 6.54 Å². The quantitative estimate of drug-likeness (QED) is 0.926. The van der Waals surface area contributed by atoms with E-state index in [4.69, 9.17) is 4.74 Å². The number of benzene rings is 2. The fourth-order valence-corrected chi connectivity index (χ4v) is 2.39. The van der Waals surface area contributed by atoms with E-state index in [1.165, 1.54) is 0 Å². The van der Waals surface area contributed by atoms with E-state index in [9.17, 15) is 4.79 Å². The largest absolute Gasteiger partial charge is 0.496 e. The number of nitrogens with one attached hydrogen (secondary N) is 1. The van der Waals surface area contributed by atoms with Crippen molar-refractivity contribution in [3.05, 3.63) is 63.6 Å². The van der Waals surface area contributed by atoms with Crippen LogP contribution >= 0.6 is 15.9 Å². The predicted molar refractivity (Wildman–Crippen MR) is 83.0 cm³/mol. The van der Waals surface area contributed by atoms with Gasteiger partial charge in [-0.2, -0.15) is 0 Å². The standard InChI is InChI=1S/C16H16BrNO2/c1-11-6-5-8-13(15(11)17)16(19)18-10-12-7-3-4-9-14(12)20-2/h3-9H,10H2,1-2H3,(H,18,19). The second-order valence-corrected chi connectivity index (χ2v) is 5.22. The maximum atomic E-state index is 12.2. The Morgan fingerprint density at radius 2 is 1.95 bits per heavy atom. The van der Waals surface area contributed by atoms with Crippen molar-refractivity contribution in [2.45, 2.75) is 13.5 Å². The van der Waals surface area contributed by atoms with Crippen LogP contribution < -0.4 is 10.1 Å². The van der Waals surface area contributed by atoms with Crippen LogP contribution in [0.3, 0.4) is 0 Å². The lowest BCUT2D eigenvalue weighted by atomic mass is 10.1. The first kappa shape index (κ1) is 14.6. The average Bonchev–Trinajstić information content (AvgIpc) is 2.48. The van der Waals surface area contributed by atoms with Crippen LogP contribution in [0.15, 0.2) is 46.9 Å². The molecule has 2 aromatic carbocycles. The molecule has 0 atom stereocenters. The molecular weight excluding hydrogens is 318 g/mol. The highest BCUT2D eigenvalue weighted by Crippen LogP contribution is 2.21. The molecule has 0 aromatic heterocycles. The maximum Gasteiger partial charge on any atom is 0.252 e. The molecule has 20 heavy (non-hydrogen) atoms. The van der Waals surface area contributed by atoms with Crippen molar-refractivity contribution < 1.29 is 9.53 Å². The molecule has 0 saturated heterocycles. The lowest BCUT2D eigenvalue weighted by Crippen LogP contribution is -2.23. The fraction of sp³-hybridized carbons (Fsp3) is 0.188. The number of amides is 1. The van der Waals surface area contributed by atoms with Crippen molar-refractivity contribution in [2.24, 2.45) is 0 Å². The lowest BCUT2D eigenvalue weighted by Gasteiger charge is -2.11. The molecule has 1 amide bonds. The minimum Gasteiger partial charge on any atom is -0.496 e. The summed E-state index contributed by atoms with van der Waals surface area (Å²) >= 11 is 3.45. The molecule has 104 valence electrons. The molecule has 0 bridgehead atoms. The molecular formula is C16H16BrNO2. The van der Waals surface area contributed by atoms with E-state index in [2.05, 4.69) is 21.2 Å². The van der Waals surface area contributed by atoms with Crippen LogP contribution in [0.5, 0.6) is 5.75 Å². The second-order valence-electron chi connectivity index (χ2n) is 4.43. The van der Waals surface area contributed by atoms with E-state index < -0.39 is 0 Å². The van der Waals surface area contributed by atoms with Gasteiger partial charge in [0.1, 0.15) is 5.75 Å². The number of carbonyl (C=O) groups excluding carboxylic acids is 1. The highest BCUT2D eigenvalue weighted by atomic mass is 79.9. The first-order valence-electron chi connectivity index (χ1n) is 6.28. The van der Waals surface area contributed by atoms with Crippen LogP contribution in [0.1, 0.15) is 21.5 Å². The summed E-state index contributed by atoms with van der Waals surface area (Å²) in [7, 11) is 1.62. The Kier molecular flexibility index (Phi) is 4.79. The van der Waals surface area contributed by atoms with Gasteiger partial charge in [0.15, 0.2) is 0 Å². The van der Waals surface area contributed by atoms with Crippen molar-refractivity contribution >= 4 is 21.8 Å². The highest BCUT2D eigenvalue weighted by Gasteiger charge is 2.11. The number of rotatable bonds is 4. The molecule has 0 saturated carbocycles. The van der Waals surface area contributed by atoms with Gasteiger partial charge in [-0.25, -0.2) is 0 Å². The number of para-hydroxylation sites is 1. The Bertz CT molecular complexity index is 626. The lowest BCUT2D eigenvalue weighted by molar-refractivity contribution is 0.0950. The summed E-state index contributed by atoms with van der Waals surface area (Å²) < 4.78 is 6.10. The van der Waals surface area contributed by atoms with E-state index in [0.29, 0.717) is 12.1 Å². The summed E-state index contributed by atoms with van der Waals surface area (Å²) in [5, 5.41) is 2.91. The number of hydrogen-bond donors (Lipinski definition) is 1. The molecule has 0 fully saturated rings. The van der Waals surface area contributed by atoms with Crippen LogP contribution in [0.25, 0.3) is 0 Å². The van der Waals surface area contributed by atoms with E-state index in [1.54, 1.807) is 13.2 Å². The Labute approximate surface area is 127 Å². The normalized spacial score (nSPS) is 10.2. The molecule has 0 unspecified atom stereocenters. The van der Waals surface area contributed by atoms with Crippen molar-refractivity contribution in [1.29, 1.82) is 0 Å². The summed E-state index contributed by atoms with van der Waals surface area (Å²) in [4.78, 5) is 12.2. The molecule has 0 heterocycles. The molecule has 0 aliphatic heterocycles. The monoisotopic (exact) mass is 333 g/mol. The van der Waals surface area contributed by atoms with Gasteiger partial charge in [0, 0.05) is 16.6 Å². The number of ether oxygens (including phenoxy) is 1. The molecule has 2 rings (SSSR count). The molecule has 0 radical (unpaired) electrons. The minimum atomic E-state index is -0.105. The summed E-state index contributed by atoms with van der Waals surface area (Å²) in [5.41, 5.74) is 2.63. The summed E-state index contributed by atoms with van der Waals surface area (Å²) in [6.45, 7) is 2.39. The summed E-state index contributed by atoms with van der Waals surface area (Å²) in [6, 6.07) is 13.3. The Balaban J connectivity index is 2.11. The molecule has 0 aliphatic rings. The zero-order valence-corrected chi connectivity index (χ0v) is 13.0. The topological polar surface area (TPSA) is 38.3 Å². The summed E-state index contributed by atoms with van der Waals surface area (Å²) in [5.74, 6) is 0.669. The van der Waals surface area contributed by atoms with Crippen LogP contribution in [0, 0.1) is 6.92 Å². The van der Waals surface area contributed by atoms with Crippen LogP contribution in [0.4, 0.5) is 0 Å². The average molecular weight is 334 g/mol. The Morgan fingerprint density at radius 3 is 2.70 bits per heavy atom. The van der Waals surface area contributed by atoms with Crippen LogP contribution in [0.2, 0.25) is 0 Å². The van der Waals surface area contributed by atoms with Gasteiger partial charge in [-0.05, 0) is 40.5 Å². The van der Waals surface area contributed by atoms with Crippen LogP contribution in [-0.4, -0.2) is 13.0 Å². The maximum absolute atomic E-state index is 12.2. The third kappa shape index (κ3) is 3.20. The molecule has 0 aliphatic carbocycles. The molecule has 0 spiro atoms. The van der Waals surface area contributed by atoms with Gasteiger partial charge in [-0.3, -0.25) is 4.79 Å². The van der Waals surface area contributed by atoms with Gasteiger partial charge in [-0.1, -0.05) is 30.3 Å². The summed E-state index contributed by atoms with van der Waals surface area (Å²) in [6.07, 6.45) is 0. The first-order chi connectivity index (χ1) is 9.63. The smallest absolute Gasteiger partial charge is 0.252 e. The minimum absolute atomic E-state index is 0.105. The zero-order valence-electron chi connectivity index (χ0n) is 11.4. The van der Waals surface area contributed by atoms with Gasteiger partial charge < -0.3 is 10.1 Å². The molecule has 1 N–H and O–H groups in total. The van der Waals surface area contributed by atoms with E-state index >= 15 is 0 Å². The van der Waals surface area contributed by atoms with Crippen molar-refractivity contribution in [3.63, 3.8) is 0 Å². The Morgan fingerprint density at radius 1 is 1.20 bits per heavy atom. The zero-order chi connectivity index (χ0) is 14.5. The molecule has 2 aromatic rings. The van der Waals surface area contributed by atoms with E-state index in [1.807, 2.05) is 43.3 Å². The highest BCUT2D eigenvalue weighted by molar-refractivity contribution is 9.10. The molecule has 4 heteroatoms. The van der Waals surface area contributed by atoms with Gasteiger partial charge in [-0.15, -0.1) is 0 Å². The van der Waals surface area contributed by atoms with Crippen molar-refractivity contribution in [3.8, 4) is 5.75 Å². The fourth-order valence-electron chi connectivity index (χ4n) is 1.94. The number of aryl methyl sites for hydroxylation is 1. The van der Waals surface area contributed by atoms with Gasteiger partial charge in [0.2, 0.25) is 0 Å².